The fourth-order valence-electron chi connectivity index (χ4n) is 2.66. The highest BCUT2D eigenvalue weighted by Crippen LogP contribution is 2.38. The number of carbonyl (C=O) groups excluding carboxylic acids is 1. The van der Waals surface area contributed by atoms with E-state index in [9.17, 15) is 4.79 Å². The number of aromatic nitrogens is 3. The van der Waals surface area contributed by atoms with Gasteiger partial charge in [0.2, 0.25) is 0 Å². The Morgan fingerprint density at radius 1 is 1.21 bits per heavy atom. The molecule has 3 aromatic rings. The van der Waals surface area contributed by atoms with E-state index in [1.165, 1.54) is 0 Å². The van der Waals surface area contributed by atoms with E-state index in [0.717, 1.165) is 5.69 Å². The van der Waals surface area contributed by atoms with Gasteiger partial charge in [-0.3, -0.25) is 9.78 Å². The molecule has 0 fully saturated rings. The lowest BCUT2D eigenvalue weighted by Crippen LogP contribution is -2.38. The molecule has 7 heteroatoms. The summed E-state index contributed by atoms with van der Waals surface area (Å²) in [6.45, 7) is 0.834. The van der Waals surface area contributed by atoms with Crippen molar-refractivity contribution in [2.75, 3.05) is 18.1 Å². The summed E-state index contributed by atoms with van der Waals surface area (Å²) in [6, 6.07) is 10.7. The Labute approximate surface area is 143 Å². The van der Waals surface area contributed by atoms with Crippen LogP contribution in [0.2, 0.25) is 5.02 Å². The summed E-state index contributed by atoms with van der Waals surface area (Å²) in [7, 11) is 0. The fraction of sp³-hybridized carbons (Fsp3) is 0.118. The third-order valence-corrected chi connectivity index (χ3v) is 4.07. The third-order valence-electron chi connectivity index (χ3n) is 3.78. The van der Waals surface area contributed by atoms with E-state index in [0.29, 0.717) is 35.3 Å². The fourth-order valence-corrected chi connectivity index (χ4v) is 2.89. The lowest BCUT2D eigenvalue weighted by atomic mass is 10.2. The highest BCUT2D eigenvalue weighted by atomic mass is 35.5. The number of anilines is 1. The van der Waals surface area contributed by atoms with Crippen LogP contribution < -0.4 is 9.64 Å². The van der Waals surface area contributed by atoms with Gasteiger partial charge < -0.3 is 9.64 Å². The molecule has 1 aromatic carbocycles. The van der Waals surface area contributed by atoms with Gasteiger partial charge in [0.05, 0.1) is 22.9 Å². The van der Waals surface area contributed by atoms with Gasteiger partial charge in [0.1, 0.15) is 12.3 Å². The normalized spacial score (nSPS) is 13.3. The molecule has 0 saturated carbocycles. The first-order chi connectivity index (χ1) is 11.7. The number of amides is 1. The van der Waals surface area contributed by atoms with Gasteiger partial charge in [-0.15, -0.1) is 0 Å². The Morgan fingerprint density at radius 3 is 2.96 bits per heavy atom. The van der Waals surface area contributed by atoms with Crippen LogP contribution in [0.25, 0.3) is 5.69 Å². The molecule has 0 radical (unpaired) electrons. The molecule has 0 spiro atoms. The van der Waals surface area contributed by atoms with Gasteiger partial charge in [0.25, 0.3) is 5.91 Å². The Hall–Kier alpha value is -2.86. The van der Waals surface area contributed by atoms with Crippen LogP contribution in [-0.4, -0.2) is 33.8 Å². The van der Waals surface area contributed by atoms with Crippen LogP contribution >= 0.6 is 11.6 Å². The van der Waals surface area contributed by atoms with Gasteiger partial charge in [0.15, 0.2) is 5.75 Å². The van der Waals surface area contributed by atoms with E-state index in [4.69, 9.17) is 16.3 Å². The van der Waals surface area contributed by atoms with Crippen molar-refractivity contribution in [3.8, 4) is 11.4 Å². The Balaban J connectivity index is 1.71. The number of hydrogen-bond acceptors (Lipinski definition) is 4. The highest BCUT2D eigenvalue weighted by Gasteiger charge is 2.27. The van der Waals surface area contributed by atoms with Crippen molar-refractivity contribution in [2.45, 2.75) is 0 Å². The zero-order chi connectivity index (χ0) is 16.5. The summed E-state index contributed by atoms with van der Waals surface area (Å²) in [5, 5.41) is 4.66. The van der Waals surface area contributed by atoms with Crippen LogP contribution in [0.15, 0.2) is 55.0 Å². The minimum Gasteiger partial charge on any atom is -0.488 e. The van der Waals surface area contributed by atoms with Gasteiger partial charge in [-0.05, 0) is 30.3 Å². The molecule has 4 rings (SSSR count). The third kappa shape index (κ3) is 2.51. The van der Waals surface area contributed by atoms with Crippen LogP contribution in [0, 0.1) is 0 Å². The number of ether oxygens (including phenoxy) is 1. The Morgan fingerprint density at radius 2 is 2.12 bits per heavy atom. The number of nitrogens with zero attached hydrogens (tertiary/aromatic N) is 4. The number of fused-ring (bicyclic) bond motifs is 1. The van der Waals surface area contributed by atoms with Crippen molar-refractivity contribution < 1.29 is 9.53 Å². The predicted molar refractivity (Wildman–Crippen MR) is 90.0 cm³/mol. The van der Waals surface area contributed by atoms with Crippen molar-refractivity contribution >= 4 is 23.2 Å². The topological polar surface area (TPSA) is 60.2 Å². The van der Waals surface area contributed by atoms with Crippen molar-refractivity contribution in [1.29, 1.82) is 0 Å². The highest BCUT2D eigenvalue weighted by molar-refractivity contribution is 6.32. The maximum absolute atomic E-state index is 12.9. The second-order valence-electron chi connectivity index (χ2n) is 5.24. The van der Waals surface area contributed by atoms with Gasteiger partial charge in [-0.25, -0.2) is 4.68 Å². The van der Waals surface area contributed by atoms with Crippen molar-refractivity contribution in [3.05, 3.63) is 65.7 Å². The minimum absolute atomic E-state index is 0.198. The molecular formula is C17H13ClN4O2. The molecule has 1 aliphatic rings. The monoisotopic (exact) mass is 340 g/mol. The first-order valence-electron chi connectivity index (χ1n) is 7.43. The summed E-state index contributed by atoms with van der Waals surface area (Å²) < 4.78 is 7.28. The Bertz CT molecular complexity index is 895. The smallest absolute Gasteiger partial charge is 0.277 e. The molecular weight excluding hydrogens is 328 g/mol. The van der Waals surface area contributed by atoms with Gasteiger partial charge in [-0.1, -0.05) is 17.7 Å². The summed E-state index contributed by atoms with van der Waals surface area (Å²) in [6.07, 6.45) is 5.10. The van der Waals surface area contributed by atoms with Gasteiger partial charge >= 0.3 is 0 Å². The number of hydrogen-bond donors (Lipinski definition) is 0. The number of para-hydroxylation sites is 1. The number of pyridine rings is 1. The number of halogens is 1. The van der Waals surface area contributed by atoms with Crippen LogP contribution in [0.4, 0.5) is 5.69 Å². The van der Waals surface area contributed by atoms with Gasteiger partial charge in [-0.2, -0.15) is 5.10 Å². The summed E-state index contributed by atoms with van der Waals surface area (Å²) in [5.41, 5.74) is 1.78. The molecule has 0 N–H and O–H groups in total. The molecule has 0 aliphatic carbocycles. The van der Waals surface area contributed by atoms with Gasteiger partial charge in [0, 0.05) is 18.6 Å². The number of rotatable bonds is 2. The molecule has 6 nitrogen and oxygen atoms in total. The van der Waals surface area contributed by atoms with E-state index in [-0.39, 0.29) is 5.91 Å². The van der Waals surface area contributed by atoms with Crippen molar-refractivity contribution in [3.63, 3.8) is 0 Å². The second kappa shape index (κ2) is 5.98. The average molecular weight is 341 g/mol. The van der Waals surface area contributed by atoms with E-state index < -0.39 is 0 Å². The lowest BCUT2D eigenvalue weighted by Gasteiger charge is -2.29. The van der Waals surface area contributed by atoms with E-state index >= 15 is 0 Å². The average Bonchev–Trinajstić information content (AvgIpc) is 3.16. The minimum atomic E-state index is -0.198. The SMILES string of the molecule is O=C(c1cc(-n2cccn2)ccn1)N1CCOc2c(Cl)cccc21. The molecule has 3 heterocycles. The molecule has 1 amide bonds. The summed E-state index contributed by atoms with van der Waals surface area (Å²) in [4.78, 5) is 18.8. The molecule has 0 unspecified atom stereocenters. The molecule has 0 saturated heterocycles. The van der Waals surface area contributed by atoms with Crippen molar-refractivity contribution in [1.82, 2.24) is 14.8 Å². The first-order valence-corrected chi connectivity index (χ1v) is 7.81. The summed E-state index contributed by atoms with van der Waals surface area (Å²) >= 11 is 6.16. The zero-order valence-electron chi connectivity index (χ0n) is 12.6. The Kier molecular flexibility index (Phi) is 3.66. The predicted octanol–water partition coefficient (Wildman–Crippen LogP) is 2.96. The molecule has 2 aromatic heterocycles. The summed E-state index contributed by atoms with van der Waals surface area (Å²) in [5.74, 6) is 0.331. The standard InChI is InChI=1S/C17H13ClN4O2/c18-13-3-1-4-15-16(13)24-10-9-21(15)17(23)14-11-12(5-7-19-14)22-8-2-6-20-22/h1-8,11H,9-10H2. The number of carbonyl (C=O) groups is 1. The van der Waals surface area contributed by atoms with Crippen LogP contribution in [0.3, 0.4) is 0 Å². The quantitative estimate of drug-likeness (QED) is 0.719. The molecule has 0 bridgehead atoms. The lowest BCUT2D eigenvalue weighted by molar-refractivity contribution is 0.0972. The van der Waals surface area contributed by atoms with E-state index in [1.54, 1.807) is 46.2 Å². The van der Waals surface area contributed by atoms with Crippen molar-refractivity contribution in [2.24, 2.45) is 0 Å². The van der Waals surface area contributed by atoms with Crippen LogP contribution in [0.5, 0.6) is 5.75 Å². The van der Waals surface area contributed by atoms with E-state index in [2.05, 4.69) is 10.1 Å². The maximum atomic E-state index is 12.9. The molecule has 120 valence electrons. The number of benzene rings is 1. The maximum Gasteiger partial charge on any atom is 0.277 e. The molecule has 24 heavy (non-hydrogen) atoms. The first kappa shape index (κ1) is 14.7. The molecule has 1 aliphatic heterocycles. The molecule has 0 atom stereocenters. The second-order valence-corrected chi connectivity index (χ2v) is 5.65. The van der Waals surface area contributed by atoms with Crippen LogP contribution in [-0.2, 0) is 0 Å². The zero-order valence-corrected chi connectivity index (χ0v) is 13.3. The van der Waals surface area contributed by atoms with E-state index in [1.807, 2.05) is 18.3 Å². The largest absolute Gasteiger partial charge is 0.488 e. The van der Waals surface area contributed by atoms with Crippen LogP contribution in [0.1, 0.15) is 10.5 Å².